The number of aliphatic hydroxyl groups excluding tert-OH is 1. The van der Waals surface area contributed by atoms with Gasteiger partial charge in [-0.1, -0.05) is 24.3 Å². The molecule has 5 rings (SSSR count). The maximum absolute atomic E-state index is 12.6. The Balaban J connectivity index is 1.29. The van der Waals surface area contributed by atoms with Gasteiger partial charge in [-0.25, -0.2) is 14.7 Å². The largest absolute Gasteiger partial charge is 0.507 e. The summed E-state index contributed by atoms with van der Waals surface area (Å²) in [5.41, 5.74) is 2.26. The molecule has 1 aliphatic rings. The van der Waals surface area contributed by atoms with Crippen LogP contribution in [0.3, 0.4) is 0 Å². The van der Waals surface area contributed by atoms with Gasteiger partial charge in [-0.2, -0.15) is 5.26 Å². The van der Waals surface area contributed by atoms with Crippen LogP contribution in [-0.4, -0.2) is 39.5 Å². The predicted molar refractivity (Wildman–Crippen MR) is 126 cm³/mol. The average molecular weight is 464 g/mol. The molecule has 0 bridgehead atoms. The molecule has 2 heterocycles. The summed E-state index contributed by atoms with van der Waals surface area (Å²) >= 11 is 0. The average Bonchev–Trinajstić information content (AvgIpc) is 3.42. The minimum absolute atomic E-state index is 0.139. The Morgan fingerprint density at radius 2 is 1.60 bits per heavy atom. The molecule has 2 N–H and O–H groups in total. The molecule has 2 amide bonds. The Morgan fingerprint density at radius 1 is 0.971 bits per heavy atom. The van der Waals surface area contributed by atoms with Gasteiger partial charge in [0.1, 0.15) is 18.2 Å². The Hall–Kier alpha value is -5.23. The number of esters is 1. The number of imidazole rings is 1. The van der Waals surface area contributed by atoms with Crippen LogP contribution in [0.2, 0.25) is 0 Å². The van der Waals surface area contributed by atoms with Crippen molar-refractivity contribution in [2.75, 3.05) is 11.5 Å². The topological polar surface area (TPSA) is 136 Å². The van der Waals surface area contributed by atoms with E-state index in [1.165, 1.54) is 24.3 Å². The number of nitrogens with one attached hydrogen (secondary N) is 1. The number of rotatable bonds is 5. The minimum atomic E-state index is -0.757. The number of nitrogens with zero attached hydrogens (tertiary/aromatic N) is 3. The number of allylic oxidation sites excluding steroid dienone is 1. The van der Waals surface area contributed by atoms with Crippen molar-refractivity contribution >= 4 is 40.1 Å². The van der Waals surface area contributed by atoms with Crippen molar-refractivity contribution in [1.29, 1.82) is 5.26 Å². The number of H-pyrrole nitrogens is 1. The van der Waals surface area contributed by atoms with E-state index < -0.39 is 30.1 Å². The highest BCUT2D eigenvalue weighted by Gasteiger charge is 2.36. The van der Waals surface area contributed by atoms with Gasteiger partial charge in [0.2, 0.25) is 0 Å². The summed E-state index contributed by atoms with van der Waals surface area (Å²) < 4.78 is 5.14. The second-order valence-corrected chi connectivity index (χ2v) is 7.65. The molecule has 0 fully saturated rings. The first-order chi connectivity index (χ1) is 17.0. The lowest BCUT2D eigenvalue weighted by atomic mass is 10.1. The third-order valence-electron chi connectivity index (χ3n) is 5.52. The summed E-state index contributed by atoms with van der Waals surface area (Å²) in [4.78, 5) is 46.0. The Bertz CT molecular complexity index is 1510. The highest BCUT2D eigenvalue weighted by molar-refractivity contribution is 6.34. The molecule has 170 valence electrons. The van der Waals surface area contributed by atoms with Crippen LogP contribution in [-0.2, 0) is 4.74 Å². The molecule has 4 aromatic rings. The molecule has 3 aromatic carbocycles. The lowest BCUT2D eigenvalue weighted by Crippen LogP contribution is -2.29. The lowest BCUT2D eigenvalue weighted by molar-refractivity contribution is 0.0502. The van der Waals surface area contributed by atoms with Gasteiger partial charge in [0.25, 0.3) is 11.8 Å². The number of aromatic amines is 1. The molecular formula is C26H16N4O5. The van der Waals surface area contributed by atoms with Crippen LogP contribution in [0.1, 0.15) is 36.9 Å². The zero-order valence-corrected chi connectivity index (χ0v) is 18.1. The SMILES string of the molecule is N#CC(=C(O)COC(=O)c1ccc(N2C(=O)c3ccccc3C2=O)cc1)c1nc2ccccc2[nH]1. The van der Waals surface area contributed by atoms with Crippen molar-refractivity contribution in [2.24, 2.45) is 0 Å². The van der Waals surface area contributed by atoms with Gasteiger partial charge < -0.3 is 14.8 Å². The first-order valence-corrected chi connectivity index (χ1v) is 10.5. The highest BCUT2D eigenvalue weighted by atomic mass is 16.5. The molecule has 9 heteroatoms. The molecule has 35 heavy (non-hydrogen) atoms. The molecule has 0 saturated carbocycles. The summed E-state index contributed by atoms with van der Waals surface area (Å²) in [6, 6.07) is 21.3. The number of hydrogen-bond acceptors (Lipinski definition) is 7. The van der Waals surface area contributed by atoms with E-state index in [-0.39, 0.29) is 17.0 Å². The number of imide groups is 1. The van der Waals surface area contributed by atoms with E-state index in [4.69, 9.17) is 4.74 Å². The fraction of sp³-hybridized carbons (Fsp3) is 0.0385. The van der Waals surface area contributed by atoms with Gasteiger partial charge in [-0.3, -0.25) is 9.59 Å². The van der Waals surface area contributed by atoms with Gasteiger partial charge >= 0.3 is 5.97 Å². The van der Waals surface area contributed by atoms with Gasteiger partial charge in [0, 0.05) is 0 Å². The van der Waals surface area contributed by atoms with Crippen LogP contribution in [0.4, 0.5) is 5.69 Å². The molecule has 0 unspecified atom stereocenters. The first kappa shape index (κ1) is 21.6. The summed E-state index contributed by atoms with van der Waals surface area (Å²) in [5, 5.41) is 19.8. The smallest absolute Gasteiger partial charge is 0.338 e. The second kappa shape index (κ2) is 8.61. The van der Waals surface area contributed by atoms with Gasteiger partial charge in [0.05, 0.1) is 33.4 Å². The Kier molecular flexibility index (Phi) is 5.31. The maximum atomic E-state index is 12.6. The summed E-state index contributed by atoms with van der Waals surface area (Å²) in [6.07, 6.45) is 0. The summed E-state index contributed by atoms with van der Waals surface area (Å²) in [5.74, 6) is -1.93. The van der Waals surface area contributed by atoms with Gasteiger partial charge in [-0.15, -0.1) is 0 Å². The Labute approximate surface area is 198 Å². The van der Waals surface area contributed by atoms with Crippen molar-refractivity contribution in [2.45, 2.75) is 0 Å². The minimum Gasteiger partial charge on any atom is -0.507 e. The molecule has 0 radical (unpaired) electrons. The van der Waals surface area contributed by atoms with Crippen molar-refractivity contribution < 1.29 is 24.2 Å². The van der Waals surface area contributed by atoms with E-state index in [0.29, 0.717) is 27.8 Å². The number of para-hydroxylation sites is 2. The molecule has 1 aliphatic heterocycles. The predicted octanol–water partition coefficient (Wildman–Crippen LogP) is 4.01. The quantitative estimate of drug-likeness (QED) is 0.197. The van der Waals surface area contributed by atoms with Crippen LogP contribution in [0, 0.1) is 11.3 Å². The third kappa shape index (κ3) is 3.79. The van der Waals surface area contributed by atoms with Crippen molar-refractivity contribution in [3.05, 3.63) is 101 Å². The number of aromatic nitrogens is 2. The molecule has 1 aromatic heterocycles. The number of hydrogen-bond donors (Lipinski definition) is 2. The molecule has 9 nitrogen and oxygen atoms in total. The van der Waals surface area contributed by atoms with E-state index >= 15 is 0 Å². The number of fused-ring (bicyclic) bond motifs is 2. The van der Waals surface area contributed by atoms with E-state index in [1.807, 2.05) is 6.07 Å². The van der Waals surface area contributed by atoms with Crippen LogP contribution in [0.15, 0.2) is 78.6 Å². The van der Waals surface area contributed by atoms with Crippen molar-refractivity contribution in [3.63, 3.8) is 0 Å². The Morgan fingerprint density at radius 3 is 2.23 bits per heavy atom. The van der Waals surface area contributed by atoms with Crippen molar-refractivity contribution in [3.8, 4) is 6.07 Å². The van der Waals surface area contributed by atoms with E-state index in [9.17, 15) is 24.8 Å². The number of benzene rings is 3. The number of carbonyl (C=O) groups is 3. The van der Waals surface area contributed by atoms with E-state index in [2.05, 4.69) is 9.97 Å². The standard InChI is InChI=1S/C26H16N4O5/c27-13-19(23-28-20-7-3-4-8-21(20)29-23)22(31)14-35-26(34)15-9-11-16(12-10-15)30-24(32)17-5-1-2-6-18(17)25(30)33/h1-12,31H,14H2,(H,28,29). The number of amides is 2. The summed E-state index contributed by atoms with van der Waals surface area (Å²) in [6.45, 7) is -0.543. The molecular weight excluding hydrogens is 448 g/mol. The normalized spacial score (nSPS) is 13.4. The van der Waals surface area contributed by atoms with Crippen molar-refractivity contribution in [1.82, 2.24) is 9.97 Å². The molecule has 0 aliphatic carbocycles. The molecule has 0 atom stereocenters. The first-order valence-electron chi connectivity index (χ1n) is 10.5. The second-order valence-electron chi connectivity index (χ2n) is 7.65. The van der Waals surface area contributed by atoms with Crippen LogP contribution in [0.5, 0.6) is 0 Å². The van der Waals surface area contributed by atoms with Gasteiger partial charge in [-0.05, 0) is 48.5 Å². The van der Waals surface area contributed by atoms with E-state index in [1.54, 1.807) is 48.5 Å². The zero-order chi connectivity index (χ0) is 24.5. The number of ether oxygens (including phenoxy) is 1. The highest BCUT2D eigenvalue weighted by Crippen LogP contribution is 2.28. The van der Waals surface area contributed by atoms with Crippen LogP contribution >= 0.6 is 0 Å². The number of aliphatic hydroxyl groups is 1. The van der Waals surface area contributed by atoms with Gasteiger partial charge in [0.15, 0.2) is 11.6 Å². The number of carbonyl (C=O) groups excluding carboxylic acids is 3. The van der Waals surface area contributed by atoms with Crippen LogP contribution in [0.25, 0.3) is 16.6 Å². The van der Waals surface area contributed by atoms with Crippen LogP contribution < -0.4 is 4.90 Å². The fourth-order valence-corrected chi connectivity index (χ4v) is 3.79. The lowest BCUT2D eigenvalue weighted by Gasteiger charge is -2.14. The zero-order valence-electron chi connectivity index (χ0n) is 18.1. The van der Waals surface area contributed by atoms with E-state index in [0.717, 1.165) is 4.90 Å². The monoisotopic (exact) mass is 464 g/mol. The maximum Gasteiger partial charge on any atom is 0.338 e. The molecule has 0 spiro atoms. The number of anilines is 1. The summed E-state index contributed by atoms with van der Waals surface area (Å²) in [7, 11) is 0. The molecule has 0 saturated heterocycles. The third-order valence-corrected chi connectivity index (χ3v) is 5.52. The fourth-order valence-electron chi connectivity index (χ4n) is 3.79. The number of nitriles is 1.